The molecule has 3 rings (SSSR count). The van der Waals surface area contributed by atoms with E-state index in [4.69, 9.17) is 0 Å². The monoisotopic (exact) mass is 326 g/mol. The van der Waals surface area contributed by atoms with Crippen LogP contribution in [0.1, 0.15) is 21.1 Å². The van der Waals surface area contributed by atoms with Crippen LogP contribution in [0.15, 0.2) is 24.4 Å². The van der Waals surface area contributed by atoms with Gasteiger partial charge in [0.15, 0.2) is 5.13 Å². The number of hydrogen-bond donors (Lipinski definition) is 2. The highest BCUT2D eigenvalue weighted by Crippen LogP contribution is 2.28. The van der Waals surface area contributed by atoms with Gasteiger partial charge in [-0.15, -0.1) is 11.3 Å². The number of imidazole rings is 1. The first-order valence-corrected chi connectivity index (χ1v) is 6.95. The normalized spacial score (nSPS) is 11.8. The number of H-pyrrole nitrogens is 1. The minimum atomic E-state index is -4.56. The number of anilines is 1. The molecule has 0 spiro atoms. The Hall–Kier alpha value is -2.42. The second-order valence-electron chi connectivity index (χ2n) is 4.55. The second-order valence-corrected chi connectivity index (χ2v) is 5.78. The van der Waals surface area contributed by atoms with Crippen molar-refractivity contribution in [1.29, 1.82) is 0 Å². The number of thiazole rings is 1. The molecule has 0 aliphatic rings. The van der Waals surface area contributed by atoms with Gasteiger partial charge in [-0.25, -0.2) is 9.97 Å². The molecule has 0 unspecified atom stereocenters. The van der Waals surface area contributed by atoms with E-state index < -0.39 is 17.9 Å². The van der Waals surface area contributed by atoms with Crippen LogP contribution in [0, 0.1) is 6.92 Å². The lowest BCUT2D eigenvalue weighted by atomic mass is 10.2. The summed E-state index contributed by atoms with van der Waals surface area (Å²) >= 11 is 1.31. The summed E-state index contributed by atoms with van der Waals surface area (Å²) in [5.74, 6) is -1.53. The van der Waals surface area contributed by atoms with Crippen molar-refractivity contribution in [2.24, 2.45) is 0 Å². The number of halogens is 3. The molecule has 3 aromatic rings. The first-order chi connectivity index (χ1) is 10.3. The summed E-state index contributed by atoms with van der Waals surface area (Å²) in [5, 5.41) is 3.03. The summed E-state index contributed by atoms with van der Waals surface area (Å²) in [6, 6.07) is 4.11. The number of alkyl halides is 3. The molecule has 1 aromatic carbocycles. The first-order valence-electron chi connectivity index (χ1n) is 6.14. The predicted octanol–water partition coefficient (Wildman–Crippen LogP) is 3.60. The minimum Gasteiger partial charge on any atom is -0.334 e. The fourth-order valence-corrected chi connectivity index (χ4v) is 2.53. The molecular formula is C13H9F3N4OS. The van der Waals surface area contributed by atoms with Crippen molar-refractivity contribution in [2.45, 2.75) is 13.1 Å². The highest BCUT2D eigenvalue weighted by atomic mass is 32.1. The molecule has 2 N–H and O–H groups in total. The summed E-state index contributed by atoms with van der Waals surface area (Å²) in [6.07, 6.45) is -2.94. The number of carbonyl (C=O) groups is 1. The van der Waals surface area contributed by atoms with Crippen LogP contribution in [-0.2, 0) is 6.18 Å². The standard InChI is InChI=1S/C13H9F3N4OS/c1-6-5-17-12(22-6)20-10(21)7-2-3-8-9(4-7)19-11(18-8)13(14,15)16/h2-5H,1H3,(H,18,19)(H,17,20,21). The number of amides is 1. The largest absolute Gasteiger partial charge is 0.449 e. The van der Waals surface area contributed by atoms with E-state index in [0.29, 0.717) is 5.13 Å². The number of aromatic amines is 1. The van der Waals surface area contributed by atoms with Gasteiger partial charge in [0, 0.05) is 16.6 Å². The summed E-state index contributed by atoms with van der Waals surface area (Å²) in [6.45, 7) is 1.85. The topological polar surface area (TPSA) is 70.7 Å². The van der Waals surface area contributed by atoms with Gasteiger partial charge in [0.2, 0.25) is 5.82 Å². The van der Waals surface area contributed by atoms with Crippen molar-refractivity contribution >= 4 is 33.4 Å². The molecule has 0 bridgehead atoms. The molecule has 0 saturated carbocycles. The van der Waals surface area contributed by atoms with E-state index in [-0.39, 0.29) is 16.6 Å². The quantitative estimate of drug-likeness (QED) is 0.756. The molecule has 0 radical (unpaired) electrons. The van der Waals surface area contributed by atoms with Crippen molar-refractivity contribution in [3.8, 4) is 0 Å². The molecular weight excluding hydrogens is 317 g/mol. The number of benzene rings is 1. The molecule has 1 amide bonds. The summed E-state index contributed by atoms with van der Waals surface area (Å²) in [7, 11) is 0. The average Bonchev–Trinajstić information content (AvgIpc) is 3.03. The maximum atomic E-state index is 12.6. The molecule has 0 atom stereocenters. The van der Waals surface area contributed by atoms with E-state index in [1.54, 1.807) is 6.20 Å². The number of aromatic nitrogens is 3. The predicted molar refractivity (Wildman–Crippen MR) is 75.9 cm³/mol. The SMILES string of the molecule is Cc1cnc(NC(=O)c2ccc3nc(C(F)(F)F)[nH]c3c2)s1. The van der Waals surface area contributed by atoms with Crippen LogP contribution in [0.5, 0.6) is 0 Å². The smallest absolute Gasteiger partial charge is 0.334 e. The zero-order valence-electron chi connectivity index (χ0n) is 11.2. The number of fused-ring (bicyclic) bond motifs is 1. The Kier molecular flexibility index (Phi) is 3.36. The van der Waals surface area contributed by atoms with Crippen molar-refractivity contribution in [3.63, 3.8) is 0 Å². The van der Waals surface area contributed by atoms with Gasteiger partial charge in [-0.3, -0.25) is 10.1 Å². The molecule has 0 aliphatic carbocycles. The van der Waals surface area contributed by atoms with E-state index in [2.05, 4.69) is 20.3 Å². The Morgan fingerprint density at radius 3 is 2.77 bits per heavy atom. The Balaban J connectivity index is 1.89. The number of carbonyl (C=O) groups excluding carboxylic acids is 1. The maximum absolute atomic E-state index is 12.6. The Morgan fingerprint density at radius 1 is 1.36 bits per heavy atom. The Bertz CT molecular complexity index is 852. The van der Waals surface area contributed by atoms with Crippen molar-refractivity contribution in [3.05, 3.63) is 40.7 Å². The highest BCUT2D eigenvalue weighted by molar-refractivity contribution is 7.15. The zero-order valence-corrected chi connectivity index (χ0v) is 12.0. The molecule has 0 saturated heterocycles. The lowest BCUT2D eigenvalue weighted by molar-refractivity contribution is -0.144. The van der Waals surface area contributed by atoms with Crippen molar-refractivity contribution in [1.82, 2.24) is 15.0 Å². The van der Waals surface area contributed by atoms with Gasteiger partial charge in [0.05, 0.1) is 11.0 Å². The van der Waals surface area contributed by atoms with Crippen molar-refractivity contribution in [2.75, 3.05) is 5.32 Å². The summed E-state index contributed by atoms with van der Waals surface area (Å²) in [5.41, 5.74) is 0.516. The zero-order chi connectivity index (χ0) is 15.9. The lowest BCUT2D eigenvalue weighted by Crippen LogP contribution is -2.11. The van der Waals surface area contributed by atoms with E-state index in [1.165, 1.54) is 29.5 Å². The Morgan fingerprint density at radius 2 is 2.14 bits per heavy atom. The van der Waals surface area contributed by atoms with Crippen LogP contribution < -0.4 is 5.32 Å². The fraction of sp³-hybridized carbons (Fsp3) is 0.154. The highest BCUT2D eigenvalue weighted by Gasteiger charge is 2.34. The molecule has 0 aliphatic heterocycles. The van der Waals surface area contributed by atoms with Crippen LogP contribution in [-0.4, -0.2) is 20.9 Å². The van der Waals surface area contributed by atoms with E-state index in [9.17, 15) is 18.0 Å². The van der Waals surface area contributed by atoms with Gasteiger partial charge in [-0.2, -0.15) is 13.2 Å². The number of rotatable bonds is 2. The van der Waals surface area contributed by atoms with Gasteiger partial charge in [0.1, 0.15) is 0 Å². The van der Waals surface area contributed by atoms with E-state index in [1.807, 2.05) is 6.92 Å². The van der Waals surface area contributed by atoms with E-state index in [0.717, 1.165) is 4.88 Å². The lowest BCUT2D eigenvalue weighted by Gasteiger charge is -2.01. The summed E-state index contributed by atoms with van der Waals surface area (Å²) < 4.78 is 37.8. The third-order valence-electron chi connectivity index (χ3n) is 2.85. The third-order valence-corrected chi connectivity index (χ3v) is 3.68. The van der Waals surface area contributed by atoms with Crippen LogP contribution >= 0.6 is 11.3 Å². The van der Waals surface area contributed by atoms with Crippen LogP contribution in [0.3, 0.4) is 0 Å². The first kappa shape index (κ1) is 14.5. The molecule has 114 valence electrons. The number of aryl methyl sites for hydroxylation is 1. The summed E-state index contributed by atoms with van der Waals surface area (Å²) in [4.78, 5) is 22.6. The molecule has 2 heterocycles. The van der Waals surface area contributed by atoms with Crippen LogP contribution in [0.4, 0.5) is 18.3 Å². The Labute approximate surface area is 126 Å². The van der Waals surface area contributed by atoms with Gasteiger partial charge >= 0.3 is 6.18 Å². The molecule has 22 heavy (non-hydrogen) atoms. The number of nitrogens with zero attached hydrogens (tertiary/aromatic N) is 2. The molecule has 0 fully saturated rings. The van der Waals surface area contributed by atoms with Gasteiger partial charge in [-0.05, 0) is 25.1 Å². The molecule has 9 heteroatoms. The van der Waals surface area contributed by atoms with Crippen LogP contribution in [0.25, 0.3) is 11.0 Å². The molecule has 5 nitrogen and oxygen atoms in total. The number of nitrogens with one attached hydrogen (secondary N) is 2. The van der Waals surface area contributed by atoms with E-state index >= 15 is 0 Å². The minimum absolute atomic E-state index is 0.147. The molecule has 2 aromatic heterocycles. The maximum Gasteiger partial charge on any atom is 0.449 e. The average molecular weight is 326 g/mol. The third kappa shape index (κ3) is 2.80. The fourth-order valence-electron chi connectivity index (χ4n) is 1.87. The van der Waals surface area contributed by atoms with Crippen molar-refractivity contribution < 1.29 is 18.0 Å². The van der Waals surface area contributed by atoms with Gasteiger partial charge < -0.3 is 4.98 Å². The van der Waals surface area contributed by atoms with Gasteiger partial charge in [0.25, 0.3) is 5.91 Å². The second kappa shape index (κ2) is 5.09. The number of hydrogen-bond acceptors (Lipinski definition) is 4. The van der Waals surface area contributed by atoms with Crippen LogP contribution in [0.2, 0.25) is 0 Å². The van der Waals surface area contributed by atoms with Gasteiger partial charge in [-0.1, -0.05) is 0 Å².